The molecule has 3 aromatic rings. The molecular weight excluding hydrogens is 434 g/mol. The Morgan fingerprint density at radius 2 is 2.00 bits per heavy atom. The van der Waals surface area contributed by atoms with E-state index in [1.807, 2.05) is 24.8 Å². The molecule has 0 bridgehead atoms. The lowest BCUT2D eigenvalue weighted by molar-refractivity contribution is -0.00526. The Labute approximate surface area is 188 Å². The number of aromatic nitrogens is 2. The molecule has 0 radical (unpaired) electrons. The maximum Gasteiger partial charge on any atom is 0.276 e. The van der Waals surface area contributed by atoms with Crippen LogP contribution < -0.4 is 10.2 Å². The maximum absolute atomic E-state index is 12.7. The standard InChI is InChI=1S/C22H20ClN5O4/c1-12-9-28(10-13(2)31-12)20-16(11-29)26-18-19(27-32-21(18)17(20)23)22(30)25-8-15-5-3-14(7-24)4-6-15/h3-6,11-13H,8-10H2,1-2H3,(H,25,30)/t12-,13+. The minimum atomic E-state index is -0.519. The smallest absolute Gasteiger partial charge is 0.276 e. The number of nitrogens with zero attached hydrogens (tertiary/aromatic N) is 4. The first-order valence-electron chi connectivity index (χ1n) is 10.0. The number of fused-ring (bicyclic) bond motifs is 1. The van der Waals surface area contributed by atoms with Crippen molar-refractivity contribution in [1.82, 2.24) is 15.5 Å². The van der Waals surface area contributed by atoms with E-state index in [2.05, 4.69) is 15.5 Å². The molecular formula is C22H20ClN5O4. The number of hydrogen-bond acceptors (Lipinski definition) is 8. The highest BCUT2D eigenvalue weighted by Gasteiger charge is 2.30. The molecule has 10 heteroatoms. The molecule has 1 amide bonds. The molecule has 1 aliphatic heterocycles. The van der Waals surface area contributed by atoms with Crippen molar-refractivity contribution >= 4 is 40.6 Å². The van der Waals surface area contributed by atoms with Gasteiger partial charge in [-0.05, 0) is 31.5 Å². The van der Waals surface area contributed by atoms with Gasteiger partial charge in [-0.3, -0.25) is 9.59 Å². The first-order chi connectivity index (χ1) is 15.4. The lowest BCUT2D eigenvalue weighted by Gasteiger charge is -2.37. The first kappa shape index (κ1) is 21.7. The number of carbonyl (C=O) groups is 2. The molecule has 1 N–H and O–H groups in total. The van der Waals surface area contributed by atoms with Crippen LogP contribution in [0.3, 0.4) is 0 Å². The van der Waals surface area contributed by atoms with Crippen LogP contribution in [0.1, 0.15) is 46.0 Å². The third-order valence-electron chi connectivity index (χ3n) is 5.15. The van der Waals surface area contributed by atoms with E-state index in [4.69, 9.17) is 26.1 Å². The van der Waals surface area contributed by atoms with Gasteiger partial charge >= 0.3 is 0 Å². The number of rotatable bonds is 5. The highest BCUT2D eigenvalue weighted by atomic mass is 35.5. The summed E-state index contributed by atoms with van der Waals surface area (Å²) in [6.07, 6.45) is 0.503. The summed E-state index contributed by atoms with van der Waals surface area (Å²) in [7, 11) is 0. The number of pyridine rings is 1. The van der Waals surface area contributed by atoms with Gasteiger partial charge in [-0.15, -0.1) is 0 Å². The lowest BCUT2D eigenvalue weighted by atomic mass is 10.1. The third kappa shape index (κ3) is 4.15. The second-order valence-electron chi connectivity index (χ2n) is 7.64. The lowest BCUT2D eigenvalue weighted by Crippen LogP contribution is -2.46. The van der Waals surface area contributed by atoms with Crippen molar-refractivity contribution in [3.63, 3.8) is 0 Å². The number of morpholine rings is 1. The van der Waals surface area contributed by atoms with Crippen LogP contribution in [0.25, 0.3) is 11.1 Å². The predicted octanol–water partition coefficient (Wildman–Crippen LogP) is 3.10. The van der Waals surface area contributed by atoms with Gasteiger partial charge in [0, 0.05) is 19.6 Å². The number of anilines is 1. The van der Waals surface area contributed by atoms with E-state index in [0.717, 1.165) is 5.56 Å². The summed E-state index contributed by atoms with van der Waals surface area (Å²) < 4.78 is 11.1. The number of carbonyl (C=O) groups excluding carboxylic acids is 2. The fourth-order valence-corrected chi connectivity index (χ4v) is 4.12. The second kappa shape index (κ2) is 8.94. The highest BCUT2D eigenvalue weighted by Crippen LogP contribution is 2.37. The highest BCUT2D eigenvalue weighted by molar-refractivity contribution is 6.38. The van der Waals surface area contributed by atoms with Crippen molar-refractivity contribution in [1.29, 1.82) is 5.26 Å². The average Bonchev–Trinajstić information content (AvgIpc) is 3.21. The molecule has 0 spiro atoms. The van der Waals surface area contributed by atoms with Crippen molar-refractivity contribution in [2.45, 2.75) is 32.6 Å². The predicted molar refractivity (Wildman–Crippen MR) is 117 cm³/mol. The number of ether oxygens (including phenoxy) is 1. The van der Waals surface area contributed by atoms with E-state index in [-0.39, 0.29) is 46.3 Å². The number of hydrogen-bond donors (Lipinski definition) is 1. The fourth-order valence-electron chi connectivity index (χ4n) is 3.78. The second-order valence-corrected chi connectivity index (χ2v) is 8.02. The molecule has 164 valence electrons. The monoisotopic (exact) mass is 453 g/mol. The van der Waals surface area contributed by atoms with Crippen LogP contribution in [-0.2, 0) is 11.3 Å². The summed E-state index contributed by atoms with van der Waals surface area (Å²) in [5.41, 5.74) is 2.08. The summed E-state index contributed by atoms with van der Waals surface area (Å²) in [5.74, 6) is -0.519. The molecule has 32 heavy (non-hydrogen) atoms. The topological polar surface area (TPSA) is 121 Å². The van der Waals surface area contributed by atoms with E-state index in [1.54, 1.807) is 24.3 Å². The molecule has 9 nitrogen and oxygen atoms in total. The maximum atomic E-state index is 12.7. The molecule has 1 fully saturated rings. The normalized spacial score (nSPS) is 18.4. The zero-order valence-electron chi connectivity index (χ0n) is 17.5. The molecule has 0 saturated carbocycles. The van der Waals surface area contributed by atoms with Gasteiger partial charge in [-0.1, -0.05) is 28.9 Å². The summed E-state index contributed by atoms with van der Waals surface area (Å²) in [6.45, 7) is 5.16. The zero-order valence-corrected chi connectivity index (χ0v) is 18.2. The summed E-state index contributed by atoms with van der Waals surface area (Å²) in [4.78, 5) is 30.8. The number of halogens is 1. The van der Waals surface area contributed by atoms with Gasteiger partial charge in [0.05, 0.1) is 29.5 Å². The zero-order chi connectivity index (χ0) is 22.8. The van der Waals surface area contributed by atoms with E-state index >= 15 is 0 Å². The largest absolute Gasteiger partial charge is 0.372 e. The Balaban J connectivity index is 1.62. The number of amides is 1. The Kier molecular flexibility index (Phi) is 6.08. The number of benzene rings is 1. The van der Waals surface area contributed by atoms with Crippen molar-refractivity contribution in [2.24, 2.45) is 0 Å². The number of nitriles is 1. The minimum absolute atomic E-state index is 0.0525. The molecule has 1 aromatic carbocycles. The molecule has 0 aliphatic carbocycles. The minimum Gasteiger partial charge on any atom is -0.372 e. The Morgan fingerprint density at radius 1 is 1.31 bits per heavy atom. The van der Waals surface area contributed by atoms with E-state index in [1.165, 1.54) is 0 Å². The Hall–Kier alpha value is -3.48. The quantitative estimate of drug-likeness (QED) is 0.585. The molecule has 0 unspecified atom stereocenters. The van der Waals surface area contributed by atoms with Crippen LogP contribution in [0.5, 0.6) is 0 Å². The van der Waals surface area contributed by atoms with Crippen LogP contribution in [0, 0.1) is 11.3 Å². The van der Waals surface area contributed by atoms with Crippen molar-refractivity contribution in [3.8, 4) is 6.07 Å². The van der Waals surface area contributed by atoms with Gasteiger partial charge in [-0.2, -0.15) is 5.26 Å². The molecule has 4 rings (SSSR count). The van der Waals surface area contributed by atoms with Gasteiger partial charge in [0.1, 0.15) is 16.2 Å². The number of nitrogens with one attached hydrogen (secondary N) is 1. The number of aldehydes is 1. The summed E-state index contributed by atoms with van der Waals surface area (Å²) in [6, 6.07) is 8.87. The van der Waals surface area contributed by atoms with E-state index in [0.29, 0.717) is 30.6 Å². The van der Waals surface area contributed by atoms with E-state index < -0.39 is 5.91 Å². The fraction of sp³-hybridized carbons (Fsp3) is 0.318. The molecule has 1 aliphatic rings. The van der Waals surface area contributed by atoms with Gasteiger partial charge in [-0.25, -0.2) is 4.98 Å². The van der Waals surface area contributed by atoms with Gasteiger partial charge in [0.25, 0.3) is 5.91 Å². The Morgan fingerprint density at radius 3 is 2.62 bits per heavy atom. The molecule has 2 atom stereocenters. The van der Waals surface area contributed by atoms with Gasteiger partial charge in [0.2, 0.25) is 5.58 Å². The van der Waals surface area contributed by atoms with Crippen LogP contribution in [0.15, 0.2) is 28.8 Å². The summed E-state index contributed by atoms with van der Waals surface area (Å²) in [5, 5.41) is 15.6. The van der Waals surface area contributed by atoms with E-state index in [9.17, 15) is 9.59 Å². The Bertz CT molecular complexity index is 1210. The van der Waals surface area contributed by atoms with Crippen LogP contribution in [0.4, 0.5) is 5.69 Å². The van der Waals surface area contributed by atoms with Crippen molar-refractivity contribution in [3.05, 3.63) is 51.8 Å². The molecule has 1 saturated heterocycles. The van der Waals surface area contributed by atoms with Gasteiger partial charge in [0.15, 0.2) is 12.0 Å². The van der Waals surface area contributed by atoms with Gasteiger partial charge < -0.3 is 19.5 Å². The SMILES string of the molecule is C[C@@H]1CN(c2c(C=O)nc3c(C(=O)NCc4ccc(C#N)cc4)noc3c2Cl)C[C@H](C)O1. The average molecular weight is 454 g/mol. The van der Waals surface area contributed by atoms with Crippen molar-refractivity contribution < 1.29 is 18.8 Å². The first-order valence-corrected chi connectivity index (χ1v) is 10.4. The van der Waals surface area contributed by atoms with Crippen LogP contribution in [0.2, 0.25) is 5.02 Å². The summed E-state index contributed by atoms with van der Waals surface area (Å²) >= 11 is 6.60. The van der Waals surface area contributed by atoms with Crippen LogP contribution in [-0.4, -0.2) is 47.6 Å². The third-order valence-corrected chi connectivity index (χ3v) is 5.50. The molecule has 3 heterocycles. The van der Waals surface area contributed by atoms with Crippen LogP contribution >= 0.6 is 11.6 Å². The molecule has 2 aromatic heterocycles. The van der Waals surface area contributed by atoms with Crippen molar-refractivity contribution in [2.75, 3.05) is 18.0 Å².